The van der Waals surface area contributed by atoms with Crippen LogP contribution in [0, 0.1) is 29.6 Å². The molecule has 1 aromatic rings. The largest absolute Gasteiger partial charge is 0.477 e. The van der Waals surface area contributed by atoms with Crippen molar-refractivity contribution >= 4 is 18.0 Å². The van der Waals surface area contributed by atoms with Crippen LogP contribution in [-0.2, 0) is 9.53 Å². The van der Waals surface area contributed by atoms with Crippen molar-refractivity contribution in [2.75, 3.05) is 26.8 Å². The zero-order valence-corrected chi connectivity index (χ0v) is 20.5. The summed E-state index contributed by atoms with van der Waals surface area (Å²) >= 11 is 0. The molecule has 1 unspecified atom stereocenters. The number of hydrogen-bond acceptors (Lipinski definition) is 6. The molecule has 5 rings (SSSR count). The number of rotatable bonds is 11. The highest BCUT2D eigenvalue weighted by Crippen LogP contribution is 2.53. The van der Waals surface area contributed by atoms with Crippen LogP contribution in [0.5, 0.6) is 5.88 Å². The molecule has 0 aliphatic heterocycles. The van der Waals surface area contributed by atoms with Gasteiger partial charge in [-0.3, -0.25) is 9.59 Å². The molecular formula is C25H39N5O4. The van der Waals surface area contributed by atoms with E-state index in [-0.39, 0.29) is 23.8 Å². The quantitative estimate of drug-likeness (QED) is 0.452. The molecule has 9 nitrogen and oxygen atoms in total. The van der Waals surface area contributed by atoms with E-state index >= 15 is 0 Å². The van der Waals surface area contributed by atoms with Gasteiger partial charge in [-0.05, 0) is 67.8 Å². The van der Waals surface area contributed by atoms with Gasteiger partial charge >= 0.3 is 0 Å². The fraction of sp³-hybridized carbons (Fsp3) is 0.720. The number of nitrogens with one attached hydrogen (secondary N) is 2. The third kappa shape index (κ3) is 5.46. The smallest absolute Gasteiger partial charge is 0.258 e. The van der Waals surface area contributed by atoms with Gasteiger partial charge in [-0.1, -0.05) is 13.8 Å². The standard InChI is InChI=1S/C25H39N5O4/c1-15(2)14-34-25-20(13-28-30(25)7-4-21(33-3)24(32)27-6-5-26)23(31)29-22-18-9-16-8-17(11-18)12-19(22)10-16/h4,7,13,15-19,21-22H,5-6,8-12,14,26H2,1-3H3,(H,27,32)(H,29,31). The lowest BCUT2D eigenvalue weighted by Gasteiger charge is -2.54. The lowest BCUT2D eigenvalue weighted by Crippen LogP contribution is -2.55. The molecule has 4 bridgehead atoms. The third-order valence-corrected chi connectivity index (χ3v) is 7.43. The van der Waals surface area contributed by atoms with Gasteiger partial charge in [0.1, 0.15) is 5.56 Å². The summed E-state index contributed by atoms with van der Waals surface area (Å²) in [6.45, 7) is 5.26. The summed E-state index contributed by atoms with van der Waals surface area (Å²) in [5.74, 6) is 3.11. The SMILES string of the molecule is COC(C=Cn1ncc(C(=O)NC2C3CC4CC(C3)CC2C4)c1OCC(C)C)C(=O)NCCN. The number of amides is 2. The Labute approximate surface area is 201 Å². The van der Waals surface area contributed by atoms with Gasteiger partial charge in [0.25, 0.3) is 11.8 Å². The minimum absolute atomic E-state index is 0.139. The summed E-state index contributed by atoms with van der Waals surface area (Å²) in [6, 6.07) is 0.237. The number of methoxy groups -OCH3 is 1. The van der Waals surface area contributed by atoms with E-state index in [9.17, 15) is 9.59 Å². The number of aromatic nitrogens is 2. The molecule has 2 amide bonds. The van der Waals surface area contributed by atoms with Crippen molar-refractivity contribution in [1.82, 2.24) is 20.4 Å². The third-order valence-electron chi connectivity index (χ3n) is 7.43. The first-order valence-corrected chi connectivity index (χ1v) is 12.6. The van der Waals surface area contributed by atoms with Gasteiger partial charge in [0.2, 0.25) is 5.88 Å². The molecule has 4 N–H and O–H groups in total. The highest BCUT2D eigenvalue weighted by Gasteiger charge is 2.48. The minimum atomic E-state index is -0.806. The summed E-state index contributed by atoms with van der Waals surface area (Å²) in [6.07, 6.45) is 10.3. The van der Waals surface area contributed by atoms with Crippen molar-refractivity contribution in [1.29, 1.82) is 0 Å². The first-order valence-electron chi connectivity index (χ1n) is 12.6. The van der Waals surface area contributed by atoms with E-state index < -0.39 is 6.10 Å². The van der Waals surface area contributed by atoms with Gasteiger partial charge in [-0.2, -0.15) is 5.10 Å². The Balaban J connectivity index is 1.49. The predicted octanol–water partition coefficient (Wildman–Crippen LogP) is 2.03. The molecule has 4 aliphatic carbocycles. The van der Waals surface area contributed by atoms with Crippen LogP contribution in [0.15, 0.2) is 12.3 Å². The van der Waals surface area contributed by atoms with Crippen molar-refractivity contribution in [3.63, 3.8) is 0 Å². The number of carbonyl (C=O) groups excluding carboxylic acids is 2. The molecular weight excluding hydrogens is 434 g/mol. The first kappa shape index (κ1) is 24.7. The maximum absolute atomic E-state index is 13.4. The molecule has 1 heterocycles. The van der Waals surface area contributed by atoms with E-state index in [1.165, 1.54) is 43.9 Å². The van der Waals surface area contributed by atoms with Crippen molar-refractivity contribution in [3.05, 3.63) is 17.8 Å². The van der Waals surface area contributed by atoms with E-state index in [0.29, 0.717) is 43.0 Å². The fourth-order valence-electron chi connectivity index (χ4n) is 6.12. The number of nitrogens with two attached hydrogens (primary N) is 1. The van der Waals surface area contributed by atoms with Crippen LogP contribution in [0.1, 0.15) is 56.3 Å². The Hall–Kier alpha value is -2.39. The number of nitrogens with zero attached hydrogens (tertiary/aromatic N) is 2. The normalized spacial score (nSPS) is 28.4. The first-order chi connectivity index (χ1) is 16.4. The van der Waals surface area contributed by atoms with Crippen LogP contribution in [-0.4, -0.2) is 60.5 Å². The van der Waals surface area contributed by atoms with Crippen LogP contribution in [0.4, 0.5) is 0 Å². The number of carbonyl (C=O) groups is 2. The van der Waals surface area contributed by atoms with E-state index in [4.69, 9.17) is 15.2 Å². The van der Waals surface area contributed by atoms with Crippen molar-refractivity contribution in [3.8, 4) is 5.88 Å². The van der Waals surface area contributed by atoms with E-state index in [1.54, 1.807) is 18.5 Å². The lowest BCUT2D eigenvalue weighted by molar-refractivity contribution is -0.128. The molecule has 34 heavy (non-hydrogen) atoms. The molecule has 188 valence electrons. The Morgan fingerprint density at radius 3 is 2.47 bits per heavy atom. The predicted molar refractivity (Wildman–Crippen MR) is 129 cm³/mol. The summed E-state index contributed by atoms with van der Waals surface area (Å²) in [5, 5.41) is 10.4. The van der Waals surface area contributed by atoms with Gasteiger partial charge < -0.3 is 25.8 Å². The van der Waals surface area contributed by atoms with Crippen molar-refractivity contribution < 1.29 is 19.1 Å². The van der Waals surface area contributed by atoms with E-state index in [0.717, 1.165) is 11.8 Å². The maximum Gasteiger partial charge on any atom is 0.258 e. The molecule has 9 heteroatoms. The molecule has 0 aromatic carbocycles. The van der Waals surface area contributed by atoms with Gasteiger partial charge in [0.05, 0.1) is 12.8 Å². The summed E-state index contributed by atoms with van der Waals surface area (Å²) in [7, 11) is 1.46. The van der Waals surface area contributed by atoms with E-state index in [2.05, 4.69) is 15.7 Å². The average Bonchev–Trinajstić information content (AvgIpc) is 3.21. The minimum Gasteiger partial charge on any atom is -0.477 e. The Morgan fingerprint density at radius 1 is 1.21 bits per heavy atom. The highest BCUT2D eigenvalue weighted by atomic mass is 16.5. The summed E-state index contributed by atoms with van der Waals surface area (Å²) in [5.41, 5.74) is 5.87. The Bertz CT molecular complexity index is 868. The molecule has 0 radical (unpaired) electrons. The highest BCUT2D eigenvalue weighted by molar-refractivity contribution is 5.96. The van der Waals surface area contributed by atoms with Gasteiger partial charge in [-0.25, -0.2) is 4.68 Å². The Kier molecular flexibility index (Phi) is 7.93. The number of ether oxygens (including phenoxy) is 2. The number of hydrogen-bond donors (Lipinski definition) is 3. The van der Waals surface area contributed by atoms with Gasteiger partial charge in [-0.15, -0.1) is 0 Å². The van der Waals surface area contributed by atoms with Gasteiger partial charge in [0, 0.05) is 32.4 Å². The molecule has 4 aliphatic rings. The monoisotopic (exact) mass is 473 g/mol. The molecule has 4 fully saturated rings. The zero-order valence-electron chi connectivity index (χ0n) is 20.5. The van der Waals surface area contributed by atoms with E-state index in [1.807, 2.05) is 13.8 Å². The Morgan fingerprint density at radius 2 is 1.88 bits per heavy atom. The van der Waals surface area contributed by atoms with Crippen LogP contribution in [0.2, 0.25) is 0 Å². The second kappa shape index (κ2) is 10.9. The second-order valence-corrected chi connectivity index (χ2v) is 10.5. The average molecular weight is 474 g/mol. The molecule has 1 atom stereocenters. The van der Waals surface area contributed by atoms with Crippen molar-refractivity contribution in [2.45, 2.75) is 58.1 Å². The second-order valence-electron chi connectivity index (χ2n) is 10.5. The van der Waals surface area contributed by atoms with Crippen LogP contribution < -0.4 is 21.1 Å². The molecule has 0 spiro atoms. The van der Waals surface area contributed by atoms with Gasteiger partial charge in [0.15, 0.2) is 6.10 Å². The molecule has 1 aromatic heterocycles. The van der Waals surface area contributed by atoms with Crippen LogP contribution in [0.25, 0.3) is 6.20 Å². The maximum atomic E-state index is 13.4. The fourth-order valence-corrected chi connectivity index (χ4v) is 6.12. The van der Waals surface area contributed by atoms with Crippen LogP contribution >= 0.6 is 0 Å². The summed E-state index contributed by atoms with van der Waals surface area (Å²) in [4.78, 5) is 25.6. The lowest BCUT2D eigenvalue weighted by atomic mass is 9.54. The topological polar surface area (TPSA) is 121 Å². The van der Waals surface area contributed by atoms with Crippen LogP contribution in [0.3, 0.4) is 0 Å². The molecule has 4 saturated carbocycles. The summed E-state index contributed by atoms with van der Waals surface area (Å²) < 4.78 is 12.8. The zero-order chi connectivity index (χ0) is 24.2. The molecule has 0 saturated heterocycles. The van der Waals surface area contributed by atoms with Crippen molar-refractivity contribution in [2.24, 2.45) is 35.3 Å².